The molecule has 0 bridgehead atoms. The Bertz CT molecular complexity index is 348. The third kappa shape index (κ3) is 6.90. The average Bonchev–Trinajstić information content (AvgIpc) is 2.38. The van der Waals surface area contributed by atoms with Gasteiger partial charge in [-0.05, 0) is 38.7 Å². The highest BCUT2D eigenvalue weighted by atomic mass is 15.6. The third-order valence-corrected chi connectivity index (χ3v) is 3.22. The van der Waals surface area contributed by atoms with Crippen molar-refractivity contribution in [3.05, 3.63) is 48.4 Å². The average molecular weight is 262 g/mol. The van der Waals surface area contributed by atoms with Crippen LogP contribution in [0.2, 0.25) is 0 Å². The number of hydrogen-bond donors (Lipinski definition) is 0. The highest BCUT2D eigenvalue weighted by Gasteiger charge is 2.06. The molecule has 0 aliphatic heterocycles. The molecule has 108 valence electrons. The first-order chi connectivity index (χ1) is 8.93. The third-order valence-electron chi connectivity index (χ3n) is 3.22. The van der Waals surface area contributed by atoms with Gasteiger partial charge in [-0.15, -0.1) is 0 Å². The van der Waals surface area contributed by atoms with Crippen LogP contribution in [0.3, 0.4) is 0 Å². The van der Waals surface area contributed by atoms with E-state index in [4.69, 9.17) is 0 Å². The quantitative estimate of drug-likeness (QED) is 0.375. The predicted octanol–water partition coefficient (Wildman–Crippen LogP) is 4.61. The number of allylic oxidation sites excluding steroid dienone is 7. The van der Waals surface area contributed by atoms with Crippen molar-refractivity contribution in [2.24, 2.45) is 11.8 Å². The Hall–Kier alpha value is -1.44. The van der Waals surface area contributed by atoms with Gasteiger partial charge in [-0.2, -0.15) is 0 Å². The fourth-order valence-electron chi connectivity index (χ4n) is 1.65. The first-order valence-electron chi connectivity index (χ1n) is 7.01. The summed E-state index contributed by atoms with van der Waals surface area (Å²) in [7, 11) is 4.14. The zero-order valence-corrected chi connectivity index (χ0v) is 13.6. The minimum absolute atomic E-state index is 0.487. The van der Waals surface area contributed by atoms with E-state index in [9.17, 15) is 0 Å². The van der Waals surface area contributed by atoms with E-state index in [2.05, 4.69) is 88.4 Å². The van der Waals surface area contributed by atoms with E-state index in [1.807, 2.05) is 13.0 Å². The van der Waals surface area contributed by atoms with Gasteiger partial charge in [0.1, 0.15) is 0 Å². The minimum atomic E-state index is 0.487. The van der Waals surface area contributed by atoms with Crippen LogP contribution in [0.25, 0.3) is 0 Å². The Morgan fingerprint density at radius 1 is 1.00 bits per heavy atom. The predicted molar refractivity (Wildman–Crippen MR) is 86.4 cm³/mol. The summed E-state index contributed by atoms with van der Waals surface area (Å²) in [4.78, 5) is 0. The van der Waals surface area contributed by atoms with Gasteiger partial charge in [-0.3, -0.25) is 10.0 Å². The van der Waals surface area contributed by atoms with Gasteiger partial charge in [-0.1, -0.05) is 44.2 Å². The second kappa shape index (κ2) is 9.48. The molecule has 0 spiro atoms. The molecule has 0 aliphatic rings. The lowest BCUT2D eigenvalue weighted by Crippen LogP contribution is -2.30. The number of nitrogens with zero attached hydrogens (tertiary/aromatic N) is 2. The molecule has 0 saturated carbocycles. The van der Waals surface area contributed by atoms with E-state index in [-0.39, 0.29) is 0 Å². The van der Waals surface area contributed by atoms with Crippen LogP contribution in [0.15, 0.2) is 48.4 Å². The van der Waals surface area contributed by atoms with Gasteiger partial charge in [0.25, 0.3) is 0 Å². The molecule has 0 aromatic carbocycles. The largest absolute Gasteiger partial charge is 0.297 e. The Kier molecular flexibility index (Phi) is 8.77. The maximum Gasteiger partial charge on any atom is 0.0313 e. The molecule has 0 rings (SSSR count). The summed E-state index contributed by atoms with van der Waals surface area (Å²) < 4.78 is 0. The summed E-state index contributed by atoms with van der Waals surface area (Å²) >= 11 is 0. The Labute approximate surface area is 119 Å². The number of hydrazine groups is 1. The molecule has 19 heavy (non-hydrogen) atoms. The lowest BCUT2D eigenvalue weighted by molar-refractivity contribution is 0.125. The summed E-state index contributed by atoms with van der Waals surface area (Å²) in [5.74, 6) is 1.10. The molecule has 2 nitrogen and oxygen atoms in total. The van der Waals surface area contributed by atoms with E-state index in [1.165, 1.54) is 5.70 Å². The van der Waals surface area contributed by atoms with Crippen molar-refractivity contribution in [2.45, 2.75) is 34.6 Å². The van der Waals surface area contributed by atoms with Crippen LogP contribution in [0.5, 0.6) is 0 Å². The highest BCUT2D eigenvalue weighted by molar-refractivity contribution is 5.09. The van der Waals surface area contributed by atoms with Crippen LogP contribution in [0.1, 0.15) is 34.6 Å². The fourth-order valence-corrected chi connectivity index (χ4v) is 1.65. The van der Waals surface area contributed by atoms with Gasteiger partial charge in [0.15, 0.2) is 0 Å². The van der Waals surface area contributed by atoms with Crippen LogP contribution < -0.4 is 0 Å². The SMILES string of the molecule is CC=CC(C=CN(C)N(C)/C(C)=C/C=C\C)C(C)C. The summed E-state index contributed by atoms with van der Waals surface area (Å²) in [6, 6.07) is 0. The molecule has 0 heterocycles. The van der Waals surface area contributed by atoms with Crippen molar-refractivity contribution in [2.75, 3.05) is 14.1 Å². The highest BCUT2D eigenvalue weighted by Crippen LogP contribution is 2.15. The van der Waals surface area contributed by atoms with E-state index in [0.29, 0.717) is 11.8 Å². The summed E-state index contributed by atoms with van der Waals surface area (Å²) in [6.45, 7) is 10.7. The molecule has 2 heteroatoms. The minimum Gasteiger partial charge on any atom is -0.297 e. The van der Waals surface area contributed by atoms with Crippen LogP contribution in [0, 0.1) is 11.8 Å². The van der Waals surface area contributed by atoms with Crippen LogP contribution in [0.4, 0.5) is 0 Å². The van der Waals surface area contributed by atoms with E-state index in [0.717, 1.165) is 0 Å². The zero-order chi connectivity index (χ0) is 14.8. The maximum atomic E-state index is 2.25. The maximum absolute atomic E-state index is 2.25. The molecule has 0 amide bonds. The fraction of sp³-hybridized carbons (Fsp3) is 0.529. The first-order valence-corrected chi connectivity index (χ1v) is 7.01. The molecule has 1 unspecified atom stereocenters. The summed E-state index contributed by atoms with van der Waals surface area (Å²) in [6.07, 6.45) is 15.0. The monoisotopic (exact) mass is 262 g/mol. The van der Waals surface area contributed by atoms with Crippen molar-refractivity contribution < 1.29 is 0 Å². The molecule has 0 N–H and O–H groups in total. The normalized spacial score (nSPS) is 15.1. The molecule has 0 radical (unpaired) electrons. The summed E-state index contributed by atoms with van der Waals surface area (Å²) in [5, 5.41) is 4.23. The van der Waals surface area contributed by atoms with E-state index < -0.39 is 0 Å². The van der Waals surface area contributed by atoms with Crippen molar-refractivity contribution in [1.29, 1.82) is 0 Å². The lowest BCUT2D eigenvalue weighted by atomic mass is 9.95. The zero-order valence-electron chi connectivity index (χ0n) is 13.6. The number of rotatable bonds is 7. The van der Waals surface area contributed by atoms with Crippen molar-refractivity contribution in [3.8, 4) is 0 Å². The number of hydrogen-bond acceptors (Lipinski definition) is 2. The van der Waals surface area contributed by atoms with Gasteiger partial charge >= 0.3 is 0 Å². The van der Waals surface area contributed by atoms with Gasteiger partial charge in [-0.25, -0.2) is 0 Å². The Balaban J connectivity index is 4.70. The molecule has 0 aromatic rings. The lowest BCUT2D eigenvalue weighted by Gasteiger charge is -2.30. The topological polar surface area (TPSA) is 6.48 Å². The smallest absolute Gasteiger partial charge is 0.0313 e. The molecule has 0 aliphatic carbocycles. The molecule has 1 atom stereocenters. The van der Waals surface area contributed by atoms with Crippen LogP contribution in [-0.2, 0) is 0 Å². The van der Waals surface area contributed by atoms with E-state index >= 15 is 0 Å². The standard InChI is InChI=1S/C17H30N2/c1-8-10-12-16(5)19(7)18(6)14-13-17(11-9-2)15(3)4/h8-15,17H,1-7H3/b10-8-,11-9?,14-13?,16-12+. The van der Waals surface area contributed by atoms with Gasteiger partial charge in [0.2, 0.25) is 0 Å². The molecular weight excluding hydrogens is 232 g/mol. The molecular formula is C17H30N2. The van der Waals surface area contributed by atoms with Crippen molar-refractivity contribution >= 4 is 0 Å². The Morgan fingerprint density at radius 2 is 1.63 bits per heavy atom. The van der Waals surface area contributed by atoms with Crippen molar-refractivity contribution in [1.82, 2.24) is 10.0 Å². The molecule has 0 saturated heterocycles. The van der Waals surface area contributed by atoms with Crippen LogP contribution >= 0.6 is 0 Å². The van der Waals surface area contributed by atoms with Crippen molar-refractivity contribution in [3.63, 3.8) is 0 Å². The second-order valence-electron chi connectivity index (χ2n) is 5.12. The second-order valence-corrected chi connectivity index (χ2v) is 5.12. The first kappa shape index (κ1) is 17.6. The van der Waals surface area contributed by atoms with Gasteiger partial charge in [0, 0.05) is 26.0 Å². The molecule has 0 fully saturated rings. The summed E-state index contributed by atoms with van der Waals surface area (Å²) in [5.41, 5.74) is 1.21. The Morgan fingerprint density at radius 3 is 2.11 bits per heavy atom. The van der Waals surface area contributed by atoms with Gasteiger partial charge < -0.3 is 0 Å². The van der Waals surface area contributed by atoms with Crippen LogP contribution in [-0.4, -0.2) is 24.1 Å². The van der Waals surface area contributed by atoms with Gasteiger partial charge in [0.05, 0.1) is 0 Å². The molecule has 0 aromatic heterocycles. The van der Waals surface area contributed by atoms with E-state index in [1.54, 1.807) is 0 Å².